The Morgan fingerprint density at radius 3 is 2.90 bits per heavy atom. The van der Waals surface area contributed by atoms with Crippen LogP contribution in [0.5, 0.6) is 11.6 Å². The van der Waals surface area contributed by atoms with E-state index in [-0.39, 0.29) is 6.10 Å². The topological polar surface area (TPSA) is 43.4 Å². The van der Waals surface area contributed by atoms with Crippen molar-refractivity contribution in [2.45, 2.75) is 18.9 Å². The second kappa shape index (κ2) is 5.67. The molecule has 1 aliphatic carbocycles. The lowest BCUT2D eigenvalue weighted by molar-refractivity contribution is 0.0632. The Hall–Kier alpha value is -1.81. The average molecular weight is 272 g/mol. The summed E-state index contributed by atoms with van der Waals surface area (Å²) in [6.07, 6.45) is 4.29. The van der Waals surface area contributed by atoms with Crippen LogP contribution in [-0.4, -0.2) is 31.8 Å². The van der Waals surface area contributed by atoms with E-state index >= 15 is 0 Å². The van der Waals surface area contributed by atoms with Gasteiger partial charge in [0.15, 0.2) is 0 Å². The maximum Gasteiger partial charge on any atom is 0.221 e. The van der Waals surface area contributed by atoms with Crippen LogP contribution in [0.4, 0.5) is 0 Å². The van der Waals surface area contributed by atoms with Crippen LogP contribution in [0.1, 0.15) is 12.8 Å². The van der Waals surface area contributed by atoms with Crippen molar-refractivity contribution < 1.29 is 9.47 Å². The molecule has 1 saturated carbocycles. The minimum absolute atomic E-state index is 0.289. The predicted octanol–water partition coefficient (Wildman–Crippen LogP) is 2.62. The number of methoxy groups -OCH3 is 1. The van der Waals surface area contributed by atoms with Gasteiger partial charge in [-0.3, -0.25) is 0 Å². The van der Waals surface area contributed by atoms with Gasteiger partial charge in [-0.1, -0.05) is 6.07 Å². The van der Waals surface area contributed by atoms with Gasteiger partial charge in [0.25, 0.3) is 0 Å². The van der Waals surface area contributed by atoms with Gasteiger partial charge in [-0.2, -0.15) is 0 Å². The summed E-state index contributed by atoms with van der Waals surface area (Å²) in [6.45, 7) is 1.07. The second-order valence-electron chi connectivity index (χ2n) is 5.34. The minimum atomic E-state index is 0.289. The molecule has 4 heteroatoms. The first kappa shape index (κ1) is 13.2. The first-order valence-corrected chi connectivity index (χ1v) is 7.04. The van der Waals surface area contributed by atoms with Gasteiger partial charge in [-0.15, -0.1) is 0 Å². The molecule has 3 rings (SSSR count). The van der Waals surface area contributed by atoms with Crippen molar-refractivity contribution in [2.24, 2.45) is 5.92 Å². The van der Waals surface area contributed by atoms with Gasteiger partial charge in [-0.25, -0.2) is 4.98 Å². The van der Waals surface area contributed by atoms with Crippen molar-refractivity contribution in [3.8, 4) is 11.6 Å². The monoisotopic (exact) mass is 272 g/mol. The molecule has 1 aromatic carbocycles. The third kappa shape index (κ3) is 2.56. The number of pyridine rings is 1. The molecule has 2 aromatic rings. The maximum atomic E-state index is 6.05. The van der Waals surface area contributed by atoms with Gasteiger partial charge < -0.3 is 14.8 Å². The molecule has 0 amide bonds. The van der Waals surface area contributed by atoms with Crippen molar-refractivity contribution >= 4 is 10.8 Å². The van der Waals surface area contributed by atoms with Gasteiger partial charge >= 0.3 is 0 Å². The highest BCUT2D eigenvalue weighted by Crippen LogP contribution is 2.33. The highest BCUT2D eigenvalue weighted by Gasteiger charge is 2.30. The Balaban J connectivity index is 1.78. The van der Waals surface area contributed by atoms with Crippen LogP contribution in [0.15, 0.2) is 30.5 Å². The molecule has 106 valence electrons. The lowest BCUT2D eigenvalue weighted by atomic mass is 9.82. The molecule has 20 heavy (non-hydrogen) atoms. The fraction of sp³-hybridized carbons (Fsp3) is 0.438. The molecule has 1 heterocycles. The summed E-state index contributed by atoms with van der Waals surface area (Å²) < 4.78 is 11.3. The lowest BCUT2D eigenvalue weighted by Crippen LogP contribution is -2.38. The van der Waals surface area contributed by atoms with E-state index in [0.29, 0.717) is 5.88 Å². The van der Waals surface area contributed by atoms with E-state index in [4.69, 9.17) is 9.47 Å². The zero-order chi connectivity index (χ0) is 13.9. The zero-order valence-corrected chi connectivity index (χ0v) is 11.9. The third-order valence-corrected chi connectivity index (χ3v) is 3.90. The SMILES string of the molecule is CNCC1CC(Oc2nccc3ccc(OC)cc23)C1. The average Bonchev–Trinajstić information content (AvgIpc) is 2.45. The largest absolute Gasteiger partial charge is 0.497 e. The number of nitrogens with zero attached hydrogens (tertiary/aromatic N) is 1. The Labute approximate surface area is 119 Å². The number of hydrogen-bond donors (Lipinski definition) is 1. The molecular formula is C16H20N2O2. The number of hydrogen-bond acceptors (Lipinski definition) is 4. The summed E-state index contributed by atoms with van der Waals surface area (Å²) in [7, 11) is 3.67. The van der Waals surface area contributed by atoms with Gasteiger partial charge in [0, 0.05) is 11.6 Å². The molecule has 1 aliphatic rings. The van der Waals surface area contributed by atoms with Crippen LogP contribution in [0.2, 0.25) is 0 Å². The van der Waals surface area contributed by atoms with E-state index in [0.717, 1.165) is 41.8 Å². The number of ether oxygens (including phenoxy) is 2. The van der Waals surface area contributed by atoms with Crippen LogP contribution in [0.25, 0.3) is 10.8 Å². The Kier molecular flexibility index (Phi) is 3.74. The smallest absolute Gasteiger partial charge is 0.221 e. The Bertz CT molecular complexity index is 594. The van der Waals surface area contributed by atoms with Crippen LogP contribution in [-0.2, 0) is 0 Å². The summed E-state index contributed by atoms with van der Waals surface area (Å²) in [5.41, 5.74) is 0. The molecule has 0 spiro atoms. The number of rotatable bonds is 5. The number of fused-ring (bicyclic) bond motifs is 1. The van der Waals surface area contributed by atoms with Crippen LogP contribution in [0.3, 0.4) is 0 Å². The normalized spacial score (nSPS) is 21.5. The van der Waals surface area contributed by atoms with E-state index in [9.17, 15) is 0 Å². The summed E-state index contributed by atoms with van der Waals surface area (Å²) in [5, 5.41) is 5.36. The van der Waals surface area contributed by atoms with E-state index in [1.165, 1.54) is 0 Å². The molecule has 1 fully saturated rings. The minimum Gasteiger partial charge on any atom is -0.497 e. The second-order valence-corrected chi connectivity index (χ2v) is 5.34. The first-order valence-electron chi connectivity index (χ1n) is 7.04. The predicted molar refractivity (Wildman–Crippen MR) is 79.4 cm³/mol. The Morgan fingerprint density at radius 1 is 1.30 bits per heavy atom. The zero-order valence-electron chi connectivity index (χ0n) is 11.9. The van der Waals surface area contributed by atoms with Crippen molar-refractivity contribution in [2.75, 3.05) is 20.7 Å². The fourth-order valence-electron chi connectivity index (χ4n) is 2.73. The molecule has 0 radical (unpaired) electrons. The maximum absolute atomic E-state index is 6.05. The summed E-state index contributed by atoms with van der Waals surface area (Å²) >= 11 is 0. The first-order chi connectivity index (χ1) is 9.80. The molecular weight excluding hydrogens is 252 g/mol. The van der Waals surface area contributed by atoms with Crippen LogP contribution >= 0.6 is 0 Å². The number of aromatic nitrogens is 1. The molecule has 0 unspecified atom stereocenters. The highest BCUT2D eigenvalue weighted by atomic mass is 16.5. The molecule has 1 aromatic heterocycles. The van der Waals surface area contributed by atoms with Gasteiger partial charge in [0.1, 0.15) is 11.9 Å². The van der Waals surface area contributed by atoms with Gasteiger partial charge in [0.05, 0.1) is 7.11 Å². The third-order valence-electron chi connectivity index (χ3n) is 3.90. The summed E-state index contributed by atoms with van der Waals surface area (Å²) in [6, 6.07) is 7.97. The number of nitrogens with one attached hydrogen (secondary N) is 1. The summed E-state index contributed by atoms with van der Waals surface area (Å²) in [5.74, 6) is 2.28. The van der Waals surface area contributed by atoms with E-state index < -0.39 is 0 Å². The molecule has 0 bridgehead atoms. The molecule has 0 aliphatic heterocycles. The van der Waals surface area contributed by atoms with Gasteiger partial charge in [0.2, 0.25) is 5.88 Å². The van der Waals surface area contributed by atoms with Crippen LogP contribution < -0.4 is 14.8 Å². The van der Waals surface area contributed by atoms with E-state index in [2.05, 4.69) is 10.3 Å². The highest BCUT2D eigenvalue weighted by molar-refractivity contribution is 5.87. The molecule has 0 atom stereocenters. The van der Waals surface area contributed by atoms with Crippen LogP contribution in [0, 0.1) is 5.92 Å². The Morgan fingerprint density at radius 2 is 2.15 bits per heavy atom. The summed E-state index contributed by atoms with van der Waals surface area (Å²) in [4.78, 5) is 4.38. The van der Waals surface area contributed by atoms with Crippen molar-refractivity contribution in [3.05, 3.63) is 30.5 Å². The van der Waals surface area contributed by atoms with Crippen molar-refractivity contribution in [1.29, 1.82) is 0 Å². The number of benzene rings is 1. The van der Waals surface area contributed by atoms with E-state index in [1.54, 1.807) is 13.3 Å². The van der Waals surface area contributed by atoms with E-state index in [1.807, 2.05) is 31.3 Å². The lowest BCUT2D eigenvalue weighted by Gasteiger charge is -2.35. The quantitative estimate of drug-likeness (QED) is 0.908. The fourth-order valence-corrected chi connectivity index (χ4v) is 2.73. The van der Waals surface area contributed by atoms with Crippen molar-refractivity contribution in [1.82, 2.24) is 10.3 Å². The molecule has 0 saturated heterocycles. The molecule has 1 N–H and O–H groups in total. The molecule has 4 nitrogen and oxygen atoms in total. The van der Waals surface area contributed by atoms with Gasteiger partial charge in [-0.05, 0) is 55.9 Å². The van der Waals surface area contributed by atoms with Crippen molar-refractivity contribution in [3.63, 3.8) is 0 Å². The standard InChI is InChI=1S/C16H20N2O2/c1-17-10-11-7-14(8-11)20-16-15-9-13(19-2)4-3-12(15)5-6-18-16/h3-6,9,11,14,17H,7-8,10H2,1-2H3.